The van der Waals surface area contributed by atoms with Gasteiger partial charge in [0.15, 0.2) is 17.3 Å². The largest absolute Gasteiger partial charge is 0.497 e. The Morgan fingerprint density at radius 2 is 2.06 bits per heavy atom. The molecule has 2 aromatic carbocycles. The average Bonchev–Trinajstić information content (AvgIpc) is 3.45. The highest BCUT2D eigenvalue weighted by atomic mass is 19.1. The molecular weight excluding hydrogens is 427 g/mol. The second-order valence-corrected chi connectivity index (χ2v) is 7.52. The van der Waals surface area contributed by atoms with E-state index in [1.807, 2.05) is 24.3 Å². The van der Waals surface area contributed by atoms with Crippen LogP contribution >= 0.6 is 0 Å². The van der Waals surface area contributed by atoms with Gasteiger partial charge >= 0.3 is 0 Å². The van der Waals surface area contributed by atoms with Crippen LogP contribution in [0.15, 0.2) is 59.9 Å². The van der Waals surface area contributed by atoms with Crippen molar-refractivity contribution in [1.82, 2.24) is 29.6 Å². The molecule has 0 radical (unpaired) electrons. The Hall–Kier alpha value is -4.54. The summed E-state index contributed by atoms with van der Waals surface area (Å²) in [7, 11) is 1.57. The monoisotopic (exact) mass is 444 g/mol. The maximum absolute atomic E-state index is 14.6. The number of aromatic amines is 1. The van der Waals surface area contributed by atoms with E-state index in [-0.39, 0.29) is 5.39 Å². The lowest BCUT2D eigenvalue weighted by Crippen LogP contribution is -2.36. The third kappa shape index (κ3) is 2.97. The van der Waals surface area contributed by atoms with Crippen molar-refractivity contribution in [3.63, 3.8) is 0 Å². The molecule has 164 valence electrons. The highest BCUT2D eigenvalue weighted by Crippen LogP contribution is 2.32. The molecule has 5 aromatic rings. The Labute approximate surface area is 185 Å². The summed E-state index contributed by atoms with van der Waals surface area (Å²) in [4.78, 5) is 33.8. The fourth-order valence-electron chi connectivity index (χ4n) is 4.14. The van der Waals surface area contributed by atoms with Crippen LogP contribution in [0.2, 0.25) is 0 Å². The van der Waals surface area contributed by atoms with Gasteiger partial charge in [0.1, 0.15) is 34.8 Å². The van der Waals surface area contributed by atoms with Gasteiger partial charge in [-0.25, -0.2) is 24.3 Å². The second-order valence-electron chi connectivity index (χ2n) is 7.52. The third-order valence-corrected chi connectivity index (χ3v) is 5.64. The number of hydrogen-bond acceptors (Lipinski definition) is 8. The first-order valence-electron chi connectivity index (χ1n) is 10.2. The molecule has 1 aliphatic heterocycles. The number of ether oxygens (including phenoxy) is 1. The van der Waals surface area contributed by atoms with E-state index in [1.165, 1.54) is 29.5 Å². The lowest BCUT2D eigenvalue weighted by Gasteiger charge is -2.21. The van der Waals surface area contributed by atoms with Crippen LogP contribution in [0.5, 0.6) is 5.75 Å². The number of imidazole rings is 1. The molecule has 4 heterocycles. The number of nitrogens with zero attached hydrogens (tertiary/aromatic N) is 6. The summed E-state index contributed by atoms with van der Waals surface area (Å²) in [6.07, 6.45) is 2.95. The topological polar surface area (TPSA) is 114 Å². The number of aromatic nitrogens is 6. The molecule has 33 heavy (non-hydrogen) atoms. The highest BCUT2D eigenvalue weighted by Gasteiger charge is 2.34. The Kier molecular flexibility index (Phi) is 4.22. The van der Waals surface area contributed by atoms with Crippen LogP contribution < -0.4 is 20.6 Å². The van der Waals surface area contributed by atoms with Gasteiger partial charge in [0.05, 0.1) is 31.2 Å². The lowest BCUT2D eigenvalue weighted by atomic mass is 10.2. The van der Waals surface area contributed by atoms with E-state index in [0.717, 1.165) is 0 Å². The normalized spacial score (nSPS) is 15.2. The van der Waals surface area contributed by atoms with Gasteiger partial charge in [0, 0.05) is 6.07 Å². The summed E-state index contributed by atoms with van der Waals surface area (Å²) in [5.41, 5.74) is 1.66. The number of nitrogens with one attached hydrogen (secondary N) is 2. The molecule has 0 unspecified atom stereocenters. The average molecular weight is 444 g/mol. The number of halogens is 1. The van der Waals surface area contributed by atoms with Crippen molar-refractivity contribution in [3.8, 4) is 5.75 Å². The van der Waals surface area contributed by atoms with Crippen LogP contribution in [0.4, 0.5) is 15.9 Å². The molecule has 3 aromatic heterocycles. The summed E-state index contributed by atoms with van der Waals surface area (Å²) in [5, 5.41) is 5.04. The van der Waals surface area contributed by atoms with Crippen molar-refractivity contribution in [3.05, 3.63) is 77.1 Å². The van der Waals surface area contributed by atoms with Gasteiger partial charge in [-0.1, -0.05) is 12.1 Å². The zero-order chi connectivity index (χ0) is 22.5. The van der Waals surface area contributed by atoms with Crippen molar-refractivity contribution in [2.45, 2.75) is 6.04 Å². The molecule has 11 heteroatoms. The first-order valence-corrected chi connectivity index (χ1v) is 10.2. The minimum absolute atomic E-state index is 0.0622. The Morgan fingerprint density at radius 3 is 2.94 bits per heavy atom. The van der Waals surface area contributed by atoms with Crippen LogP contribution in [-0.2, 0) is 0 Å². The lowest BCUT2D eigenvalue weighted by molar-refractivity contribution is 0.414. The predicted octanol–water partition coefficient (Wildman–Crippen LogP) is 2.65. The molecule has 0 saturated heterocycles. The molecule has 0 spiro atoms. The van der Waals surface area contributed by atoms with E-state index in [2.05, 4.69) is 30.2 Å². The van der Waals surface area contributed by atoms with Crippen molar-refractivity contribution in [2.75, 3.05) is 24.0 Å². The van der Waals surface area contributed by atoms with Crippen molar-refractivity contribution in [2.24, 2.45) is 0 Å². The van der Waals surface area contributed by atoms with Crippen LogP contribution in [-0.4, -0.2) is 43.3 Å². The summed E-state index contributed by atoms with van der Waals surface area (Å²) < 4.78 is 21.4. The van der Waals surface area contributed by atoms with Crippen molar-refractivity contribution < 1.29 is 9.13 Å². The molecular formula is C22H17FN8O2. The number of anilines is 2. The number of methoxy groups -OCH3 is 1. The van der Waals surface area contributed by atoms with Gasteiger partial charge < -0.3 is 15.0 Å². The number of rotatable bonds is 4. The third-order valence-electron chi connectivity index (χ3n) is 5.64. The molecule has 0 aliphatic carbocycles. The smallest absolute Gasteiger partial charge is 0.283 e. The Morgan fingerprint density at radius 1 is 1.18 bits per heavy atom. The van der Waals surface area contributed by atoms with Crippen molar-refractivity contribution >= 4 is 33.6 Å². The number of benzene rings is 2. The number of H-pyrrole nitrogens is 1. The van der Waals surface area contributed by atoms with E-state index in [1.54, 1.807) is 18.2 Å². The minimum atomic E-state index is -0.614. The fourth-order valence-corrected chi connectivity index (χ4v) is 4.14. The zero-order valence-corrected chi connectivity index (χ0v) is 17.4. The van der Waals surface area contributed by atoms with Crippen LogP contribution in [0.25, 0.3) is 22.1 Å². The minimum Gasteiger partial charge on any atom is -0.497 e. The number of hydrogen-bond donors (Lipinski definition) is 2. The maximum atomic E-state index is 14.6. The van der Waals surface area contributed by atoms with Gasteiger partial charge in [-0.05, 0) is 24.3 Å². The Bertz CT molecular complexity index is 1580. The highest BCUT2D eigenvalue weighted by molar-refractivity contribution is 5.82. The summed E-state index contributed by atoms with van der Waals surface area (Å²) in [6, 6.07) is 11.3. The van der Waals surface area contributed by atoms with Gasteiger partial charge in [-0.2, -0.15) is 4.68 Å². The summed E-state index contributed by atoms with van der Waals surface area (Å²) in [5.74, 6) is 0.980. The van der Waals surface area contributed by atoms with E-state index >= 15 is 0 Å². The van der Waals surface area contributed by atoms with Gasteiger partial charge in [0.2, 0.25) is 0 Å². The van der Waals surface area contributed by atoms with Gasteiger partial charge in [-0.15, -0.1) is 0 Å². The van der Waals surface area contributed by atoms with Crippen LogP contribution in [0, 0.1) is 5.82 Å². The standard InChI is InChI=1S/C22H17FN8O2/c1-33-13-5-2-4-12(8-13)30-9-16(28-20-18-19(25-10-24-18)26-11-27-20)21-29-15-7-3-6-14(23)17(15)22(32)31(21)30/h2-8,10-11,16H,9H2,1H3,(H2,24,25,26,27,28)/t16-/m0/s1. The van der Waals surface area contributed by atoms with E-state index in [9.17, 15) is 9.18 Å². The molecule has 0 amide bonds. The molecule has 1 atom stereocenters. The maximum Gasteiger partial charge on any atom is 0.283 e. The van der Waals surface area contributed by atoms with E-state index < -0.39 is 17.4 Å². The van der Waals surface area contributed by atoms with E-state index in [4.69, 9.17) is 4.74 Å². The number of fused-ring (bicyclic) bond motifs is 3. The van der Waals surface area contributed by atoms with Crippen LogP contribution in [0.1, 0.15) is 11.9 Å². The molecule has 10 nitrogen and oxygen atoms in total. The van der Waals surface area contributed by atoms with Crippen LogP contribution in [0.3, 0.4) is 0 Å². The van der Waals surface area contributed by atoms with Crippen molar-refractivity contribution in [1.29, 1.82) is 0 Å². The fraction of sp³-hybridized carbons (Fsp3) is 0.136. The quantitative estimate of drug-likeness (QED) is 0.435. The molecule has 6 rings (SSSR count). The summed E-state index contributed by atoms with van der Waals surface area (Å²) in [6.45, 7) is 0.340. The molecule has 1 aliphatic rings. The van der Waals surface area contributed by atoms with Gasteiger partial charge in [-0.3, -0.25) is 9.80 Å². The van der Waals surface area contributed by atoms with E-state index in [0.29, 0.717) is 46.3 Å². The summed E-state index contributed by atoms with van der Waals surface area (Å²) >= 11 is 0. The molecule has 0 fully saturated rings. The first kappa shape index (κ1) is 19.2. The predicted molar refractivity (Wildman–Crippen MR) is 120 cm³/mol. The second kappa shape index (κ2) is 7.26. The zero-order valence-electron chi connectivity index (χ0n) is 17.4. The first-order chi connectivity index (χ1) is 16.1. The SMILES string of the molecule is COc1cccc(N2C[C@H](Nc3ncnc4nc[nH]c34)c3nc4cccc(F)c4c(=O)n32)c1. The Balaban J connectivity index is 1.54. The molecule has 0 bridgehead atoms. The molecule has 0 saturated carbocycles. The molecule has 2 N–H and O–H groups in total. The van der Waals surface area contributed by atoms with Gasteiger partial charge in [0.25, 0.3) is 5.56 Å².